The Morgan fingerprint density at radius 3 is 2.11 bits per heavy atom. The van der Waals surface area contributed by atoms with Gasteiger partial charge in [0.1, 0.15) is 5.69 Å². The molecular weight excluding hydrogens is 371 g/mol. The van der Waals surface area contributed by atoms with E-state index in [1.54, 1.807) is 0 Å². The van der Waals surface area contributed by atoms with Crippen LogP contribution in [-0.2, 0) is 13.2 Å². The van der Waals surface area contributed by atoms with Crippen LogP contribution in [0, 0.1) is 0 Å². The highest BCUT2D eigenvalue weighted by Gasteiger charge is 2.33. The maximum Gasteiger partial charge on any atom is 0.433 e. The Hall–Kier alpha value is -3.44. The van der Waals surface area contributed by atoms with Crippen molar-refractivity contribution in [1.82, 2.24) is 24.1 Å². The smallest absolute Gasteiger partial charge is 0.433 e. The maximum absolute atomic E-state index is 13.1. The summed E-state index contributed by atoms with van der Waals surface area (Å²) < 4.78 is 50.6. The van der Waals surface area contributed by atoms with E-state index in [-0.39, 0.29) is 23.1 Å². The Morgan fingerprint density at radius 2 is 1.59 bits per heavy atom. The molecule has 0 spiro atoms. The molecule has 9 nitrogen and oxygen atoms in total. The van der Waals surface area contributed by atoms with Gasteiger partial charge in [-0.3, -0.25) is 9.36 Å². The van der Waals surface area contributed by atoms with Gasteiger partial charge in [0, 0.05) is 7.05 Å². The molecule has 0 aliphatic heterocycles. The third kappa shape index (κ3) is 3.09. The number of methoxy groups -OCH3 is 2. The first kappa shape index (κ1) is 18.4. The molecule has 3 aromatic rings. The van der Waals surface area contributed by atoms with Crippen LogP contribution in [0.1, 0.15) is 5.69 Å². The predicted octanol–water partition coefficient (Wildman–Crippen LogP) is 0.910. The largest absolute Gasteiger partial charge is 0.481 e. The van der Waals surface area contributed by atoms with E-state index in [9.17, 15) is 22.8 Å². The van der Waals surface area contributed by atoms with Crippen LogP contribution in [0.2, 0.25) is 0 Å². The van der Waals surface area contributed by atoms with Gasteiger partial charge in [-0.1, -0.05) is 0 Å². The summed E-state index contributed by atoms with van der Waals surface area (Å²) in [5.74, 6) is -0.362. The molecule has 0 aromatic carbocycles. The number of pyridine rings is 1. The van der Waals surface area contributed by atoms with E-state index in [1.807, 2.05) is 0 Å². The van der Waals surface area contributed by atoms with Crippen molar-refractivity contribution in [3.8, 4) is 17.7 Å². The predicted molar refractivity (Wildman–Crippen MR) is 86.3 cm³/mol. The third-order valence-corrected chi connectivity index (χ3v) is 3.68. The fourth-order valence-corrected chi connectivity index (χ4v) is 2.33. The second-order valence-corrected chi connectivity index (χ2v) is 5.30. The average molecular weight is 383 g/mol. The Bertz CT molecular complexity index is 1130. The fourth-order valence-electron chi connectivity index (χ4n) is 2.33. The molecule has 27 heavy (non-hydrogen) atoms. The molecule has 0 amide bonds. The quantitative estimate of drug-likeness (QED) is 0.663. The second kappa shape index (κ2) is 6.37. The molecule has 12 heteroatoms. The van der Waals surface area contributed by atoms with Crippen molar-refractivity contribution >= 4 is 11.0 Å². The molecule has 0 fully saturated rings. The number of alkyl halides is 3. The van der Waals surface area contributed by atoms with Gasteiger partial charge < -0.3 is 9.47 Å². The van der Waals surface area contributed by atoms with Crippen molar-refractivity contribution in [2.75, 3.05) is 14.2 Å². The Balaban J connectivity index is 2.48. The van der Waals surface area contributed by atoms with Crippen LogP contribution in [0.15, 0.2) is 27.8 Å². The number of ether oxygens (including phenoxy) is 2. The molecule has 0 bridgehead atoms. The number of fused-ring (bicyclic) bond motifs is 1. The molecule has 0 saturated heterocycles. The highest BCUT2D eigenvalue weighted by molar-refractivity contribution is 5.75. The summed E-state index contributed by atoms with van der Waals surface area (Å²) in [7, 11) is 3.77. The van der Waals surface area contributed by atoms with Crippen LogP contribution in [0.5, 0.6) is 11.8 Å². The first-order valence-corrected chi connectivity index (χ1v) is 7.34. The van der Waals surface area contributed by atoms with E-state index in [0.717, 1.165) is 6.07 Å². The van der Waals surface area contributed by atoms with Crippen molar-refractivity contribution in [2.45, 2.75) is 6.18 Å². The van der Waals surface area contributed by atoms with Crippen LogP contribution < -0.4 is 20.7 Å². The van der Waals surface area contributed by atoms with Gasteiger partial charge in [-0.2, -0.15) is 23.1 Å². The highest BCUT2D eigenvalue weighted by Crippen LogP contribution is 2.28. The standard InChI is InChI=1S/C15H12F3N5O4/c1-22-12(24)7-4-5-8(15(16,17)18)19-11(7)23(14(22)25)13-20-9(26-2)6-10(21-13)27-3/h4-6H,1-3H3. The second-order valence-electron chi connectivity index (χ2n) is 5.30. The maximum atomic E-state index is 13.1. The molecular formula is C15H12F3N5O4. The Kier molecular flexibility index (Phi) is 4.33. The summed E-state index contributed by atoms with van der Waals surface area (Å²) in [6.45, 7) is 0. The van der Waals surface area contributed by atoms with E-state index in [0.29, 0.717) is 15.2 Å². The molecule has 0 aliphatic rings. The number of hydrogen-bond donors (Lipinski definition) is 0. The number of rotatable bonds is 3. The van der Waals surface area contributed by atoms with Gasteiger partial charge in [-0.15, -0.1) is 0 Å². The van der Waals surface area contributed by atoms with Gasteiger partial charge in [0.25, 0.3) is 5.56 Å². The van der Waals surface area contributed by atoms with Crippen molar-refractivity contribution in [1.29, 1.82) is 0 Å². The van der Waals surface area contributed by atoms with Gasteiger partial charge >= 0.3 is 11.9 Å². The summed E-state index contributed by atoms with van der Waals surface area (Å²) in [5.41, 5.74) is -3.59. The van der Waals surface area contributed by atoms with Gasteiger partial charge in [0.15, 0.2) is 5.65 Å². The number of aromatic nitrogens is 5. The van der Waals surface area contributed by atoms with E-state index in [1.165, 1.54) is 27.3 Å². The highest BCUT2D eigenvalue weighted by atomic mass is 19.4. The SMILES string of the molecule is COc1cc(OC)nc(-n2c(=O)n(C)c(=O)c3ccc(C(F)(F)F)nc32)n1. The van der Waals surface area contributed by atoms with Gasteiger partial charge in [-0.25, -0.2) is 14.3 Å². The van der Waals surface area contributed by atoms with E-state index in [4.69, 9.17) is 9.47 Å². The molecule has 0 saturated carbocycles. The zero-order valence-corrected chi connectivity index (χ0v) is 14.2. The molecule has 3 heterocycles. The lowest BCUT2D eigenvalue weighted by molar-refractivity contribution is -0.141. The zero-order chi connectivity index (χ0) is 19.9. The lowest BCUT2D eigenvalue weighted by Gasteiger charge is -2.13. The zero-order valence-electron chi connectivity index (χ0n) is 14.2. The van der Waals surface area contributed by atoms with E-state index >= 15 is 0 Å². The molecule has 0 radical (unpaired) electrons. The normalized spacial score (nSPS) is 11.6. The van der Waals surface area contributed by atoms with Crippen LogP contribution in [0.25, 0.3) is 17.0 Å². The molecule has 3 aromatic heterocycles. The molecule has 0 aliphatic carbocycles. The average Bonchev–Trinajstić information content (AvgIpc) is 2.64. The molecule has 142 valence electrons. The lowest BCUT2D eigenvalue weighted by Crippen LogP contribution is -2.38. The minimum absolute atomic E-state index is 0.00210. The molecule has 0 unspecified atom stereocenters. The van der Waals surface area contributed by atoms with Gasteiger partial charge in [-0.05, 0) is 12.1 Å². The first-order chi connectivity index (χ1) is 12.7. The number of halogens is 3. The minimum atomic E-state index is -4.77. The molecule has 3 rings (SSSR count). The minimum Gasteiger partial charge on any atom is -0.481 e. The monoisotopic (exact) mass is 383 g/mol. The Labute approximate surface area is 148 Å². The van der Waals surface area contributed by atoms with E-state index < -0.39 is 28.8 Å². The van der Waals surface area contributed by atoms with Crippen molar-refractivity contribution in [3.63, 3.8) is 0 Å². The molecule has 0 N–H and O–H groups in total. The summed E-state index contributed by atoms with van der Waals surface area (Å²) in [6.07, 6.45) is -4.77. The van der Waals surface area contributed by atoms with Crippen LogP contribution in [-0.4, -0.2) is 38.3 Å². The van der Waals surface area contributed by atoms with Crippen LogP contribution in [0.4, 0.5) is 13.2 Å². The topological polar surface area (TPSA) is 101 Å². The Morgan fingerprint density at radius 1 is 1.00 bits per heavy atom. The van der Waals surface area contributed by atoms with Gasteiger partial charge in [0.2, 0.25) is 17.7 Å². The number of nitrogens with zero attached hydrogens (tertiary/aromatic N) is 5. The summed E-state index contributed by atoms with van der Waals surface area (Å²) in [6, 6.07) is 2.92. The summed E-state index contributed by atoms with van der Waals surface area (Å²) in [4.78, 5) is 36.3. The summed E-state index contributed by atoms with van der Waals surface area (Å²) >= 11 is 0. The van der Waals surface area contributed by atoms with Crippen molar-refractivity contribution in [2.24, 2.45) is 7.05 Å². The van der Waals surface area contributed by atoms with Crippen molar-refractivity contribution < 1.29 is 22.6 Å². The number of hydrogen-bond acceptors (Lipinski definition) is 7. The van der Waals surface area contributed by atoms with Gasteiger partial charge in [0.05, 0.1) is 25.7 Å². The molecule has 0 atom stereocenters. The third-order valence-electron chi connectivity index (χ3n) is 3.68. The van der Waals surface area contributed by atoms with E-state index in [2.05, 4.69) is 15.0 Å². The summed E-state index contributed by atoms with van der Waals surface area (Å²) in [5, 5.41) is -0.213. The lowest BCUT2D eigenvalue weighted by atomic mass is 10.2. The van der Waals surface area contributed by atoms with Crippen LogP contribution >= 0.6 is 0 Å². The fraction of sp³-hybridized carbons (Fsp3) is 0.267. The van der Waals surface area contributed by atoms with Crippen LogP contribution in [0.3, 0.4) is 0 Å². The van der Waals surface area contributed by atoms with Crippen molar-refractivity contribution in [3.05, 3.63) is 44.7 Å². The first-order valence-electron chi connectivity index (χ1n) is 7.34.